The van der Waals surface area contributed by atoms with E-state index in [0.29, 0.717) is 28.5 Å². The molecule has 0 unspecified atom stereocenters. The van der Waals surface area contributed by atoms with Gasteiger partial charge in [0, 0.05) is 30.5 Å². The predicted octanol–water partition coefficient (Wildman–Crippen LogP) is 4.42. The largest absolute Gasteiger partial charge is 0.291 e. The summed E-state index contributed by atoms with van der Waals surface area (Å²) in [6, 6.07) is 14.7. The minimum Gasteiger partial charge on any atom is -0.291 e. The van der Waals surface area contributed by atoms with Crippen molar-refractivity contribution in [2.45, 2.75) is 31.2 Å². The monoisotopic (exact) mass is 368 g/mol. The van der Waals surface area contributed by atoms with Crippen LogP contribution < -0.4 is 5.56 Å². The zero-order valence-corrected chi connectivity index (χ0v) is 15.9. The number of halogens is 1. The van der Waals surface area contributed by atoms with Crippen molar-refractivity contribution in [3.8, 4) is 0 Å². The molecule has 134 valence electrons. The Labute approximate surface area is 156 Å². The van der Waals surface area contributed by atoms with Crippen molar-refractivity contribution < 1.29 is 4.39 Å². The van der Waals surface area contributed by atoms with E-state index in [2.05, 4.69) is 4.98 Å². The van der Waals surface area contributed by atoms with E-state index < -0.39 is 0 Å². The number of hydrogen-bond donors (Lipinski definition) is 0. The molecule has 3 nitrogen and oxygen atoms in total. The van der Waals surface area contributed by atoms with Gasteiger partial charge < -0.3 is 0 Å². The summed E-state index contributed by atoms with van der Waals surface area (Å²) in [4.78, 5) is 17.4. The van der Waals surface area contributed by atoms with Crippen LogP contribution in [-0.2, 0) is 19.2 Å². The quantitative estimate of drug-likeness (QED) is 0.494. The molecule has 0 fully saturated rings. The third kappa shape index (κ3) is 3.88. The normalized spacial score (nSPS) is 10.9. The highest BCUT2D eigenvalue weighted by Gasteiger charge is 2.14. The first-order valence-corrected chi connectivity index (χ1v) is 9.43. The Kier molecular flexibility index (Phi) is 5.57. The van der Waals surface area contributed by atoms with Crippen LogP contribution >= 0.6 is 11.8 Å². The van der Waals surface area contributed by atoms with Gasteiger partial charge in [0.25, 0.3) is 5.56 Å². The maximum absolute atomic E-state index is 13.8. The van der Waals surface area contributed by atoms with Crippen LogP contribution in [0.5, 0.6) is 0 Å². The molecule has 0 aliphatic heterocycles. The fourth-order valence-corrected chi connectivity index (χ4v) is 3.82. The fraction of sp³-hybridized carbons (Fsp3) is 0.238. The summed E-state index contributed by atoms with van der Waals surface area (Å²) in [6.45, 7) is 3.91. The molecule has 0 atom stereocenters. The van der Waals surface area contributed by atoms with E-state index in [0.717, 1.165) is 16.8 Å². The summed E-state index contributed by atoms with van der Waals surface area (Å²) >= 11 is 1.37. The van der Waals surface area contributed by atoms with Crippen LogP contribution in [0.1, 0.15) is 27.9 Å². The number of thioether (sulfide) groups is 1. The number of aromatic nitrogens is 2. The van der Waals surface area contributed by atoms with Gasteiger partial charge in [-0.25, -0.2) is 9.37 Å². The zero-order valence-electron chi connectivity index (χ0n) is 15.1. The summed E-state index contributed by atoms with van der Waals surface area (Å²) in [5, 5.41) is 0.601. The van der Waals surface area contributed by atoms with Gasteiger partial charge in [0.2, 0.25) is 0 Å². The molecule has 3 aromatic rings. The molecule has 5 heteroatoms. The van der Waals surface area contributed by atoms with E-state index in [1.807, 2.05) is 44.2 Å². The van der Waals surface area contributed by atoms with E-state index >= 15 is 0 Å². The van der Waals surface area contributed by atoms with Gasteiger partial charge >= 0.3 is 0 Å². The number of rotatable bonds is 5. The van der Waals surface area contributed by atoms with E-state index in [9.17, 15) is 9.18 Å². The second-order valence-electron chi connectivity index (χ2n) is 6.31. The second-order valence-corrected chi connectivity index (χ2v) is 7.25. The highest BCUT2D eigenvalue weighted by molar-refractivity contribution is 7.98. The first-order chi connectivity index (χ1) is 12.5. The smallest absolute Gasteiger partial charge is 0.257 e. The average molecular weight is 368 g/mol. The fourth-order valence-electron chi connectivity index (χ4n) is 2.82. The van der Waals surface area contributed by atoms with Crippen LogP contribution in [0, 0.1) is 19.7 Å². The van der Waals surface area contributed by atoms with Gasteiger partial charge in [0.1, 0.15) is 5.82 Å². The number of nitrogens with zero attached hydrogens (tertiary/aromatic N) is 2. The van der Waals surface area contributed by atoms with Crippen LogP contribution in [0.2, 0.25) is 0 Å². The van der Waals surface area contributed by atoms with Gasteiger partial charge in [-0.2, -0.15) is 0 Å². The van der Waals surface area contributed by atoms with E-state index in [1.54, 1.807) is 23.7 Å². The molecule has 1 aromatic heterocycles. The molecular formula is C21H21FN2OS. The topological polar surface area (TPSA) is 34.9 Å². The van der Waals surface area contributed by atoms with Crippen LogP contribution in [0.4, 0.5) is 4.39 Å². The standard InChI is InChI=1S/C21H21FN2OS/c1-14-8-4-5-9-16(14)12-18-15(2)23-21(24(3)20(18)25)26-13-17-10-6-7-11-19(17)22/h4-11H,12-13H2,1-3H3. The van der Waals surface area contributed by atoms with Crippen LogP contribution in [-0.4, -0.2) is 9.55 Å². The van der Waals surface area contributed by atoms with Crippen molar-refractivity contribution in [3.63, 3.8) is 0 Å². The van der Waals surface area contributed by atoms with Crippen molar-refractivity contribution in [3.05, 3.63) is 92.6 Å². The second kappa shape index (κ2) is 7.87. The molecule has 0 aliphatic rings. The van der Waals surface area contributed by atoms with Gasteiger partial charge in [-0.1, -0.05) is 54.2 Å². The lowest BCUT2D eigenvalue weighted by molar-refractivity contribution is 0.617. The Balaban J connectivity index is 1.87. The van der Waals surface area contributed by atoms with Gasteiger partial charge in [-0.05, 0) is 36.6 Å². The van der Waals surface area contributed by atoms with E-state index in [-0.39, 0.29) is 11.4 Å². The van der Waals surface area contributed by atoms with Crippen LogP contribution in [0.25, 0.3) is 0 Å². The third-order valence-electron chi connectivity index (χ3n) is 4.49. The lowest BCUT2D eigenvalue weighted by atomic mass is 10.0. The molecule has 0 N–H and O–H groups in total. The SMILES string of the molecule is Cc1ccccc1Cc1c(C)nc(SCc2ccccc2F)n(C)c1=O. The van der Waals surface area contributed by atoms with Gasteiger partial charge in [-0.15, -0.1) is 0 Å². The van der Waals surface area contributed by atoms with E-state index in [4.69, 9.17) is 0 Å². The third-order valence-corrected chi connectivity index (χ3v) is 5.57. The molecule has 0 saturated carbocycles. The summed E-state index contributed by atoms with van der Waals surface area (Å²) in [6.07, 6.45) is 0.566. The lowest BCUT2D eigenvalue weighted by Crippen LogP contribution is -2.26. The first kappa shape index (κ1) is 18.4. The summed E-state index contributed by atoms with van der Waals surface area (Å²) in [5.41, 5.74) is 4.28. The maximum Gasteiger partial charge on any atom is 0.257 e. The van der Waals surface area contributed by atoms with Crippen molar-refractivity contribution in [2.75, 3.05) is 0 Å². The number of aryl methyl sites for hydroxylation is 2. The summed E-state index contributed by atoms with van der Waals surface area (Å²) in [7, 11) is 1.72. The minimum atomic E-state index is -0.238. The van der Waals surface area contributed by atoms with Crippen LogP contribution in [0.15, 0.2) is 58.5 Å². The highest BCUT2D eigenvalue weighted by atomic mass is 32.2. The lowest BCUT2D eigenvalue weighted by Gasteiger charge is -2.13. The molecule has 0 bridgehead atoms. The predicted molar refractivity (Wildman–Crippen MR) is 104 cm³/mol. The Morgan fingerprint density at radius 2 is 1.69 bits per heavy atom. The average Bonchev–Trinajstić information content (AvgIpc) is 2.63. The molecule has 0 aliphatic carbocycles. The van der Waals surface area contributed by atoms with Crippen molar-refractivity contribution >= 4 is 11.8 Å². The summed E-state index contributed by atoms with van der Waals surface area (Å²) < 4.78 is 15.4. The Morgan fingerprint density at radius 1 is 1.04 bits per heavy atom. The van der Waals surface area contributed by atoms with Crippen LogP contribution in [0.3, 0.4) is 0 Å². The highest BCUT2D eigenvalue weighted by Crippen LogP contribution is 2.23. The Morgan fingerprint density at radius 3 is 2.38 bits per heavy atom. The Hall–Kier alpha value is -2.40. The van der Waals surface area contributed by atoms with Gasteiger partial charge in [0.05, 0.1) is 0 Å². The number of benzene rings is 2. The first-order valence-electron chi connectivity index (χ1n) is 8.44. The van der Waals surface area contributed by atoms with Crippen molar-refractivity contribution in [2.24, 2.45) is 7.05 Å². The number of hydrogen-bond acceptors (Lipinski definition) is 3. The zero-order chi connectivity index (χ0) is 18.7. The molecular weight excluding hydrogens is 347 g/mol. The summed E-state index contributed by atoms with van der Waals surface area (Å²) in [5.74, 6) is 0.196. The Bertz CT molecular complexity index is 998. The minimum absolute atomic E-state index is 0.0446. The molecule has 0 spiro atoms. The molecule has 26 heavy (non-hydrogen) atoms. The van der Waals surface area contributed by atoms with Gasteiger partial charge in [-0.3, -0.25) is 9.36 Å². The van der Waals surface area contributed by atoms with Gasteiger partial charge in [0.15, 0.2) is 5.16 Å². The molecule has 2 aromatic carbocycles. The molecule has 0 saturated heterocycles. The molecule has 1 heterocycles. The molecule has 3 rings (SSSR count). The molecule has 0 amide bonds. The maximum atomic E-state index is 13.8. The molecule has 0 radical (unpaired) electrons. The van der Waals surface area contributed by atoms with Crippen molar-refractivity contribution in [1.29, 1.82) is 0 Å². The van der Waals surface area contributed by atoms with E-state index in [1.165, 1.54) is 17.8 Å². The van der Waals surface area contributed by atoms with Crippen molar-refractivity contribution in [1.82, 2.24) is 9.55 Å².